The van der Waals surface area contributed by atoms with Gasteiger partial charge in [-0.2, -0.15) is 4.31 Å². The van der Waals surface area contributed by atoms with Crippen LogP contribution < -0.4 is 14.8 Å². The molecule has 0 fully saturated rings. The highest BCUT2D eigenvalue weighted by atomic mass is 35.5. The van der Waals surface area contributed by atoms with E-state index in [4.69, 9.17) is 32.7 Å². The lowest BCUT2D eigenvalue weighted by Gasteiger charge is -2.23. The predicted octanol–water partition coefficient (Wildman–Crippen LogP) is 4.52. The predicted molar refractivity (Wildman–Crippen MR) is 132 cm³/mol. The van der Waals surface area contributed by atoms with Crippen molar-refractivity contribution in [2.24, 2.45) is 0 Å². The summed E-state index contributed by atoms with van der Waals surface area (Å²) in [5.41, 5.74) is 1.38. The molecule has 0 bridgehead atoms. The first-order chi connectivity index (χ1) is 16.2. The van der Waals surface area contributed by atoms with E-state index in [-0.39, 0.29) is 23.7 Å². The van der Waals surface area contributed by atoms with Crippen molar-refractivity contribution in [3.8, 4) is 11.5 Å². The van der Waals surface area contributed by atoms with Gasteiger partial charge in [0.2, 0.25) is 15.9 Å². The molecule has 0 unspecified atom stereocenters. The van der Waals surface area contributed by atoms with Crippen LogP contribution in [-0.4, -0.2) is 39.4 Å². The second kappa shape index (κ2) is 11.6. The van der Waals surface area contributed by atoms with Crippen molar-refractivity contribution in [2.75, 3.05) is 20.8 Å². The van der Waals surface area contributed by atoms with Gasteiger partial charge in [-0.3, -0.25) is 4.79 Å². The molecule has 1 amide bonds. The third-order valence-electron chi connectivity index (χ3n) is 5.00. The van der Waals surface area contributed by atoms with Crippen LogP contribution in [0.3, 0.4) is 0 Å². The fourth-order valence-corrected chi connectivity index (χ4v) is 5.24. The standard InChI is InChI=1S/C24H24Cl2N2O5S/c1-32-20-10-11-22(33-2)23(13-20)34(30,31)28(15-17-6-4-3-5-7-17)16-24(29)27-14-18-8-9-19(25)12-21(18)26/h3-13H,14-16H2,1-2H3,(H,27,29). The van der Waals surface area contributed by atoms with Gasteiger partial charge in [0.05, 0.1) is 20.8 Å². The Labute approximate surface area is 209 Å². The van der Waals surface area contributed by atoms with Gasteiger partial charge in [0.25, 0.3) is 0 Å². The summed E-state index contributed by atoms with van der Waals surface area (Å²) in [6, 6.07) is 18.4. The van der Waals surface area contributed by atoms with Crippen LogP contribution in [0.25, 0.3) is 0 Å². The maximum absolute atomic E-state index is 13.7. The molecule has 7 nitrogen and oxygen atoms in total. The van der Waals surface area contributed by atoms with Gasteiger partial charge in [-0.05, 0) is 35.4 Å². The molecule has 10 heteroatoms. The lowest BCUT2D eigenvalue weighted by Crippen LogP contribution is -2.40. The van der Waals surface area contributed by atoms with Crippen molar-refractivity contribution in [3.05, 3.63) is 87.9 Å². The number of methoxy groups -OCH3 is 2. The van der Waals surface area contributed by atoms with E-state index >= 15 is 0 Å². The van der Waals surface area contributed by atoms with Gasteiger partial charge in [0.1, 0.15) is 16.4 Å². The van der Waals surface area contributed by atoms with Crippen LogP contribution in [0.15, 0.2) is 71.6 Å². The highest BCUT2D eigenvalue weighted by Gasteiger charge is 2.30. The molecule has 0 spiro atoms. The Morgan fingerprint density at radius 3 is 2.35 bits per heavy atom. The molecule has 34 heavy (non-hydrogen) atoms. The maximum Gasteiger partial charge on any atom is 0.247 e. The van der Waals surface area contributed by atoms with Crippen molar-refractivity contribution in [2.45, 2.75) is 18.0 Å². The van der Waals surface area contributed by atoms with Crippen molar-refractivity contribution in [3.63, 3.8) is 0 Å². The van der Waals surface area contributed by atoms with Gasteiger partial charge >= 0.3 is 0 Å². The number of nitrogens with zero attached hydrogens (tertiary/aromatic N) is 1. The fourth-order valence-electron chi connectivity index (χ4n) is 3.21. The molecule has 1 N–H and O–H groups in total. The Hall–Kier alpha value is -2.78. The summed E-state index contributed by atoms with van der Waals surface area (Å²) in [6.45, 7) is -0.308. The number of sulfonamides is 1. The normalized spacial score (nSPS) is 11.3. The molecule has 180 valence electrons. The van der Waals surface area contributed by atoms with E-state index in [1.54, 1.807) is 48.5 Å². The van der Waals surface area contributed by atoms with Gasteiger partial charge in [-0.1, -0.05) is 59.6 Å². The molecular formula is C24H24Cl2N2O5S. The zero-order valence-corrected chi connectivity index (χ0v) is 21.0. The van der Waals surface area contributed by atoms with Crippen molar-refractivity contribution >= 4 is 39.1 Å². The molecule has 0 saturated carbocycles. The lowest BCUT2D eigenvalue weighted by molar-refractivity contribution is -0.121. The molecule has 3 aromatic carbocycles. The summed E-state index contributed by atoms with van der Waals surface area (Å²) in [7, 11) is -1.32. The monoisotopic (exact) mass is 522 g/mol. The van der Waals surface area contributed by atoms with Crippen LogP contribution in [0.2, 0.25) is 10.0 Å². The highest BCUT2D eigenvalue weighted by molar-refractivity contribution is 7.89. The topological polar surface area (TPSA) is 84.9 Å². The Morgan fingerprint density at radius 1 is 0.971 bits per heavy atom. The van der Waals surface area contributed by atoms with Crippen LogP contribution in [0.1, 0.15) is 11.1 Å². The summed E-state index contributed by atoms with van der Waals surface area (Å²) < 4.78 is 38.9. The molecule has 0 aromatic heterocycles. The summed E-state index contributed by atoms with van der Waals surface area (Å²) in [5.74, 6) is 0.000435. The molecule has 0 heterocycles. The smallest absolute Gasteiger partial charge is 0.247 e. The Kier molecular flexibility index (Phi) is 8.79. The summed E-state index contributed by atoms with van der Waals surface area (Å²) in [5, 5.41) is 3.61. The molecule has 0 radical (unpaired) electrons. The van der Waals surface area contributed by atoms with E-state index in [0.717, 1.165) is 9.87 Å². The fraction of sp³-hybridized carbons (Fsp3) is 0.208. The quantitative estimate of drug-likeness (QED) is 0.423. The van der Waals surface area contributed by atoms with Crippen molar-refractivity contribution in [1.82, 2.24) is 9.62 Å². The first kappa shape index (κ1) is 25.8. The van der Waals surface area contributed by atoms with E-state index in [1.807, 2.05) is 6.07 Å². The first-order valence-corrected chi connectivity index (χ1v) is 12.4. The zero-order valence-electron chi connectivity index (χ0n) is 18.6. The molecule has 0 atom stereocenters. The summed E-state index contributed by atoms with van der Waals surface area (Å²) >= 11 is 12.1. The largest absolute Gasteiger partial charge is 0.497 e. The van der Waals surface area contributed by atoms with Crippen LogP contribution >= 0.6 is 23.2 Å². The number of ether oxygens (including phenoxy) is 2. The minimum atomic E-state index is -4.14. The minimum Gasteiger partial charge on any atom is -0.497 e. The number of benzene rings is 3. The van der Waals surface area contributed by atoms with Gasteiger partial charge < -0.3 is 14.8 Å². The van der Waals surface area contributed by atoms with E-state index < -0.39 is 22.5 Å². The third kappa shape index (κ3) is 6.42. The number of carbonyl (C=O) groups excluding carboxylic acids is 1. The number of rotatable bonds is 10. The molecule has 0 aliphatic carbocycles. The molecule has 3 aromatic rings. The first-order valence-electron chi connectivity index (χ1n) is 10.2. The number of nitrogens with one attached hydrogen (secondary N) is 1. The maximum atomic E-state index is 13.7. The summed E-state index contributed by atoms with van der Waals surface area (Å²) in [6.07, 6.45) is 0. The average Bonchev–Trinajstić information content (AvgIpc) is 2.83. The Bertz CT molecular complexity index is 1250. The van der Waals surface area contributed by atoms with Crippen LogP contribution in [0.5, 0.6) is 11.5 Å². The van der Waals surface area contributed by atoms with E-state index in [9.17, 15) is 13.2 Å². The number of hydrogen-bond acceptors (Lipinski definition) is 5. The van der Waals surface area contributed by atoms with Crippen LogP contribution in [0.4, 0.5) is 0 Å². The Morgan fingerprint density at radius 2 is 1.71 bits per heavy atom. The highest BCUT2D eigenvalue weighted by Crippen LogP contribution is 2.31. The van der Waals surface area contributed by atoms with Gasteiger partial charge in [-0.25, -0.2) is 8.42 Å². The van der Waals surface area contributed by atoms with E-state index in [0.29, 0.717) is 21.4 Å². The van der Waals surface area contributed by atoms with Gasteiger partial charge in [0, 0.05) is 29.2 Å². The molecule has 0 saturated heterocycles. The SMILES string of the molecule is COc1ccc(OC)c(S(=O)(=O)N(CC(=O)NCc2ccc(Cl)cc2Cl)Cc2ccccc2)c1. The Balaban J connectivity index is 1.88. The van der Waals surface area contributed by atoms with Crippen molar-refractivity contribution in [1.29, 1.82) is 0 Å². The number of hydrogen-bond donors (Lipinski definition) is 1. The van der Waals surface area contributed by atoms with Gasteiger partial charge in [-0.15, -0.1) is 0 Å². The number of halogens is 2. The number of carbonyl (C=O) groups is 1. The molecular weight excluding hydrogens is 499 g/mol. The third-order valence-corrected chi connectivity index (χ3v) is 7.40. The van der Waals surface area contributed by atoms with Crippen molar-refractivity contribution < 1.29 is 22.7 Å². The minimum absolute atomic E-state index is 0.0152. The van der Waals surface area contributed by atoms with Crippen LogP contribution in [-0.2, 0) is 27.9 Å². The molecule has 0 aliphatic heterocycles. The second-order valence-corrected chi connectivity index (χ2v) is 10.0. The van der Waals surface area contributed by atoms with E-state index in [1.165, 1.54) is 26.4 Å². The second-order valence-electron chi connectivity index (χ2n) is 7.29. The zero-order chi connectivity index (χ0) is 24.7. The lowest BCUT2D eigenvalue weighted by atomic mass is 10.2. The molecule has 3 rings (SSSR count). The number of amides is 1. The average molecular weight is 523 g/mol. The molecule has 0 aliphatic rings. The summed E-state index contributed by atoms with van der Waals surface area (Å²) in [4.78, 5) is 12.7. The van der Waals surface area contributed by atoms with Crippen LogP contribution in [0, 0.1) is 0 Å². The van der Waals surface area contributed by atoms with Gasteiger partial charge in [0.15, 0.2) is 0 Å². The van der Waals surface area contributed by atoms with E-state index in [2.05, 4.69) is 5.32 Å².